The lowest BCUT2D eigenvalue weighted by Crippen LogP contribution is -1.98. The van der Waals surface area contributed by atoms with Gasteiger partial charge in [-0.1, -0.05) is 46.3 Å². The van der Waals surface area contributed by atoms with Gasteiger partial charge in [0, 0.05) is 10.0 Å². The van der Waals surface area contributed by atoms with Gasteiger partial charge in [0.05, 0.1) is 17.1 Å². The van der Waals surface area contributed by atoms with Crippen LogP contribution in [-0.4, -0.2) is 9.78 Å². The van der Waals surface area contributed by atoms with Crippen LogP contribution in [0.15, 0.2) is 65.1 Å². The standard InChI is InChI=1S/C16H12BrN2/c1-12-11-16(13-7-9-14(17)10-8-13)19(18-12)15-5-3-2-4-6-15/h2-11H,1H2. The summed E-state index contributed by atoms with van der Waals surface area (Å²) in [5, 5.41) is 4.47. The maximum Gasteiger partial charge on any atom is 0.0743 e. The molecule has 2 nitrogen and oxygen atoms in total. The van der Waals surface area contributed by atoms with E-state index in [-0.39, 0.29) is 0 Å². The van der Waals surface area contributed by atoms with E-state index in [9.17, 15) is 0 Å². The van der Waals surface area contributed by atoms with Crippen molar-refractivity contribution in [2.24, 2.45) is 0 Å². The van der Waals surface area contributed by atoms with E-state index in [0.29, 0.717) is 0 Å². The van der Waals surface area contributed by atoms with Crippen LogP contribution in [0.1, 0.15) is 5.69 Å². The highest BCUT2D eigenvalue weighted by Gasteiger charge is 2.09. The monoisotopic (exact) mass is 311 g/mol. The first-order valence-corrected chi connectivity index (χ1v) is 6.77. The van der Waals surface area contributed by atoms with E-state index >= 15 is 0 Å². The van der Waals surface area contributed by atoms with Crippen LogP contribution >= 0.6 is 15.9 Å². The lowest BCUT2D eigenvalue weighted by molar-refractivity contribution is 0.879. The van der Waals surface area contributed by atoms with Crippen LogP contribution in [0.3, 0.4) is 0 Å². The second kappa shape index (κ2) is 5.02. The Bertz CT molecular complexity index is 685. The van der Waals surface area contributed by atoms with Crippen molar-refractivity contribution in [1.82, 2.24) is 9.78 Å². The Morgan fingerprint density at radius 2 is 1.63 bits per heavy atom. The molecule has 0 aliphatic rings. The normalized spacial score (nSPS) is 10.6. The summed E-state index contributed by atoms with van der Waals surface area (Å²) in [6.45, 7) is 3.93. The molecule has 93 valence electrons. The Hall–Kier alpha value is -1.87. The van der Waals surface area contributed by atoms with E-state index < -0.39 is 0 Å². The third-order valence-corrected chi connectivity index (χ3v) is 3.43. The fourth-order valence-corrected chi connectivity index (χ4v) is 2.29. The molecule has 3 aromatic rings. The number of para-hydroxylation sites is 1. The molecule has 1 aromatic heterocycles. The largest absolute Gasteiger partial charge is 0.233 e. The van der Waals surface area contributed by atoms with Gasteiger partial charge in [0.15, 0.2) is 0 Å². The van der Waals surface area contributed by atoms with Crippen molar-refractivity contribution < 1.29 is 0 Å². The first kappa shape index (κ1) is 12.2. The van der Waals surface area contributed by atoms with Crippen molar-refractivity contribution in [3.05, 3.63) is 77.8 Å². The average molecular weight is 312 g/mol. The molecule has 0 saturated heterocycles. The summed E-state index contributed by atoms with van der Waals surface area (Å²) in [6, 6.07) is 20.3. The molecule has 0 aliphatic carbocycles. The van der Waals surface area contributed by atoms with Crippen LogP contribution in [0, 0.1) is 6.92 Å². The zero-order chi connectivity index (χ0) is 13.2. The molecule has 0 aliphatic heterocycles. The number of hydrogen-bond donors (Lipinski definition) is 0. The quantitative estimate of drug-likeness (QED) is 0.682. The highest BCUT2D eigenvalue weighted by molar-refractivity contribution is 9.10. The molecule has 1 heterocycles. The van der Waals surface area contributed by atoms with Gasteiger partial charge in [-0.25, -0.2) is 4.68 Å². The van der Waals surface area contributed by atoms with Crippen LogP contribution in [0.2, 0.25) is 0 Å². The fraction of sp³-hybridized carbons (Fsp3) is 0. The van der Waals surface area contributed by atoms with Gasteiger partial charge < -0.3 is 0 Å². The zero-order valence-electron chi connectivity index (χ0n) is 10.3. The third kappa shape index (κ3) is 2.47. The minimum Gasteiger partial charge on any atom is -0.233 e. The highest BCUT2D eigenvalue weighted by Crippen LogP contribution is 2.25. The summed E-state index contributed by atoms with van der Waals surface area (Å²) in [7, 11) is 0. The van der Waals surface area contributed by atoms with Gasteiger partial charge in [0.25, 0.3) is 0 Å². The molecule has 0 N–H and O–H groups in total. The first-order chi connectivity index (χ1) is 9.24. The van der Waals surface area contributed by atoms with E-state index in [4.69, 9.17) is 0 Å². The molecule has 0 spiro atoms. The number of hydrogen-bond acceptors (Lipinski definition) is 1. The predicted molar refractivity (Wildman–Crippen MR) is 81.2 cm³/mol. The van der Waals surface area contributed by atoms with E-state index in [2.05, 4.69) is 40.1 Å². The van der Waals surface area contributed by atoms with Crippen molar-refractivity contribution >= 4 is 15.9 Å². The van der Waals surface area contributed by atoms with Crippen LogP contribution in [0.25, 0.3) is 16.9 Å². The minimum absolute atomic E-state index is 0.766. The van der Waals surface area contributed by atoms with E-state index in [0.717, 1.165) is 27.1 Å². The molecule has 1 radical (unpaired) electrons. The zero-order valence-corrected chi connectivity index (χ0v) is 11.8. The van der Waals surface area contributed by atoms with Crippen LogP contribution < -0.4 is 0 Å². The topological polar surface area (TPSA) is 17.8 Å². The molecule has 19 heavy (non-hydrogen) atoms. The summed E-state index contributed by atoms with van der Waals surface area (Å²) in [6.07, 6.45) is 0. The molecule has 0 bridgehead atoms. The molecular formula is C16H12BrN2. The third-order valence-electron chi connectivity index (χ3n) is 2.90. The molecule has 0 saturated carbocycles. The highest BCUT2D eigenvalue weighted by atomic mass is 79.9. The van der Waals surface area contributed by atoms with Crippen molar-refractivity contribution in [1.29, 1.82) is 0 Å². The molecule has 0 amide bonds. The summed E-state index contributed by atoms with van der Waals surface area (Å²) >= 11 is 3.45. The minimum atomic E-state index is 0.766. The molecule has 2 aromatic carbocycles. The molecule has 0 atom stereocenters. The number of rotatable bonds is 2. The Morgan fingerprint density at radius 1 is 0.947 bits per heavy atom. The smallest absolute Gasteiger partial charge is 0.0743 e. The molecule has 0 fully saturated rings. The van der Waals surface area contributed by atoms with Gasteiger partial charge in [0.1, 0.15) is 0 Å². The van der Waals surface area contributed by atoms with Gasteiger partial charge in [-0.15, -0.1) is 0 Å². The molecule has 3 heteroatoms. The van der Waals surface area contributed by atoms with Crippen molar-refractivity contribution in [2.45, 2.75) is 0 Å². The lowest BCUT2D eigenvalue weighted by Gasteiger charge is -2.07. The summed E-state index contributed by atoms with van der Waals surface area (Å²) < 4.78 is 2.99. The van der Waals surface area contributed by atoms with E-state index in [1.54, 1.807) is 0 Å². The maximum atomic E-state index is 4.47. The Kier molecular flexibility index (Phi) is 3.22. The number of nitrogens with zero attached hydrogens (tertiary/aromatic N) is 2. The van der Waals surface area contributed by atoms with Gasteiger partial charge in [-0.05, 0) is 37.3 Å². The van der Waals surface area contributed by atoms with Crippen molar-refractivity contribution in [2.75, 3.05) is 0 Å². The van der Waals surface area contributed by atoms with Gasteiger partial charge >= 0.3 is 0 Å². The number of aromatic nitrogens is 2. The van der Waals surface area contributed by atoms with Crippen LogP contribution in [0.4, 0.5) is 0 Å². The van der Waals surface area contributed by atoms with E-state index in [1.165, 1.54) is 0 Å². The first-order valence-electron chi connectivity index (χ1n) is 5.97. The Labute approximate surface area is 120 Å². The predicted octanol–water partition coefficient (Wildman–Crippen LogP) is 4.48. The second-order valence-electron chi connectivity index (χ2n) is 4.28. The molecule has 3 rings (SSSR count). The maximum absolute atomic E-state index is 4.47. The van der Waals surface area contributed by atoms with E-state index in [1.807, 2.05) is 53.2 Å². The average Bonchev–Trinajstić information content (AvgIpc) is 2.83. The lowest BCUT2D eigenvalue weighted by atomic mass is 10.1. The Balaban J connectivity index is 2.15. The summed E-state index contributed by atoms with van der Waals surface area (Å²) in [5.41, 5.74) is 3.97. The van der Waals surface area contributed by atoms with Crippen molar-refractivity contribution in [3.63, 3.8) is 0 Å². The van der Waals surface area contributed by atoms with Crippen LogP contribution in [0.5, 0.6) is 0 Å². The van der Waals surface area contributed by atoms with Crippen molar-refractivity contribution in [3.8, 4) is 16.9 Å². The molecular weight excluding hydrogens is 300 g/mol. The van der Waals surface area contributed by atoms with Crippen LogP contribution in [-0.2, 0) is 0 Å². The van der Waals surface area contributed by atoms with Gasteiger partial charge in [-0.3, -0.25) is 0 Å². The Morgan fingerprint density at radius 3 is 2.32 bits per heavy atom. The summed E-state index contributed by atoms with van der Waals surface area (Å²) in [5.74, 6) is 0. The summed E-state index contributed by atoms with van der Waals surface area (Å²) in [4.78, 5) is 0. The fourth-order valence-electron chi connectivity index (χ4n) is 2.02. The second-order valence-corrected chi connectivity index (χ2v) is 5.19. The van der Waals surface area contributed by atoms with Gasteiger partial charge in [0.2, 0.25) is 0 Å². The number of benzene rings is 2. The number of halogens is 1. The molecule has 0 unspecified atom stereocenters. The SMILES string of the molecule is [CH2]c1cc(-c2ccc(Br)cc2)n(-c2ccccc2)n1. The van der Waals surface area contributed by atoms with Gasteiger partial charge in [-0.2, -0.15) is 5.10 Å².